The summed E-state index contributed by atoms with van der Waals surface area (Å²) in [6.45, 7) is 7.71. The lowest BCUT2D eigenvalue weighted by Crippen LogP contribution is -2.39. The molecule has 0 aromatic carbocycles. The molecule has 2 saturated heterocycles. The molecule has 1 aromatic heterocycles. The van der Waals surface area contributed by atoms with Crippen LogP contribution in [0.25, 0.3) is 0 Å². The first-order chi connectivity index (χ1) is 12.6. The lowest BCUT2D eigenvalue weighted by molar-refractivity contribution is -0.136. The number of halogens is 1. The van der Waals surface area contributed by atoms with Gasteiger partial charge in [0.05, 0.1) is 6.42 Å². The number of nitrogens with zero attached hydrogens (tertiary/aromatic N) is 4. The van der Waals surface area contributed by atoms with Crippen molar-refractivity contribution in [3.63, 3.8) is 0 Å². The highest BCUT2D eigenvalue weighted by Crippen LogP contribution is 2.29. The number of likely N-dealkylation sites (tertiary alicyclic amines) is 2. The van der Waals surface area contributed by atoms with Crippen LogP contribution in [-0.4, -0.2) is 63.8 Å². The van der Waals surface area contributed by atoms with E-state index in [1.807, 2.05) is 11.8 Å². The summed E-state index contributed by atoms with van der Waals surface area (Å²) in [4.78, 5) is 32.8. The summed E-state index contributed by atoms with van der Waals surface area (Å²) in [7, 11) is 0. The summed E-state index contributed by atoms with van der Waals surface area (Å²) in [5.74, 6) is 1.52. The fraction of sp³-hybridized carbons (Fsp3) is 0.737. The van der Waals surface area contributed by atoms with Gasteiger partial charge in [-0.1, -0.05) is 6.92 Å². The number of carbonyl (C=O) groups is 2. The molecule has 144 valence electrons. The summed E-state index contributed by atoms with van der Waals surface area (Å²) in [6.07, 6.45) is 7.03. The molecular weight excluding hydrogens is 396 g/mol. The third-order valence-electron chi connectivity index (χ3n) is 5.59. The van der Waals surface area contributed by atoms with Gasteiger partial charge < -0.3 is 14.4 Å². The summed E-state index contributed by atoms with van der Waals surface area (Å²) in [5.41, 5.74) is 0. The Hall–Kier alpha value is -1.21. The molecular formula is C19H29BrN4O2. The Morgan fingerprint density at radius 1 is 1.15 bits per heavy atom. The number of Topliss-reactive ketones (excluding diaryl/α,β-unsaturated/α-hetero) is 1. The van der Waals surface area contributed by atoms with Crippen molar-refractivity contribution in [2.24, 2.45) is 0 Å². The number of amides is 1. The van der Waals surface area contributed by atoms with Crippen molar-refractivity contribution >= 4 is 27.6 Å². The van der Waals surface area contributed by atoms with Gasteiger partial charge in [0.1, 0.15) is 16.2 Å². The molecule has 2 fully saturated rings. The van der Waals surface area contributed by atoms with Crippen molar-refractivity contribution in [2.75, 3.05) is 32.7 Å². The number of rotatable bonds is 7. The molecule has 26 heavy (non-hydrogen) atoms. The van der Waals surface area contributed by atoms with Crippen molar-refractivity contribution in [2.45, 2.75) is 57.9 Å². The standard InChI is InChI=1S/C19H29BrN4O2/c1-2-16(25)13-18(26)23-9-5-15(6-10-23)19-21-17(20)14-24(19)12-11-22-7-3-4-8-22/h14-15H,2-13H2,1H3. The van der Waals surface area contributed by atoms with E-state index in [2.05, 4.69) is 31.6 Å². The molecule has 3 rings (SSSR count). The number of aromatic nitrogens is 2. The van der Waals surface area contributed by atoms with E-state index in [9.17, 15) is 9.59 Å². The van der Waals surface area contributed by atoms with Crippen molar-refractivity contribution in [1.29, 1.82) is 0 Å². The van der Waals surface area contributed by atoms with Gasteiger partial charge in [-0.05, 0) is 54.7 Å². The molecule has 0 spiro atoms. The van der Waals surface area contributed by atoms with Crippen LogP contribution < -0.4 is 0 Å². The van der Waals surface area contributed by atoms with Crippen LogP contribution in [0.5, 0.6) is 0 Å². The monoisotopic (exact) mass is 424 g/mol. The van der Waals surface area contributed by atoms with Crippen LogP contribution in [0.2, 0.25) is 0 Å². The molecule has 0 atom stereocenters. The topological polar surface area (TPSA) is 58.4 Å². The number of ketones is 1. The molecule has 0 aliphatic carbocycles. The Kier molecular flexibility index (Phi) is 6.86. The Morgan fingerprint density at radius 3 is 2.50 bits per heavy atom. The number of hydrogen-bond acceptors (Lipinski definition) is 4. The maximum absolute atomic E-state index is 12.2. The average Bonchev–Trinajstić information content (AvgIpc) is 3.29. The number of imidazole rings is 1. The van der Waals surface area contributed by atoms with Crippen LogP contribution in [0.3, 0.4) is 0 Å². The third-order valence-corrected chi connectivity index (χ3v) is 5.97. The summed E-state index contributed by atoms with van der Waals surface area (Å²) >= 11 is 3.53. The lowest BCUT2D eigenvalue weighted by atomic mass is 9.95. The van der Waals surface area contributed by atoms with Gasteiger partial charge in [-0.3, -0.25) is 9.59 Å². The molecule has 0 N–H and O–H groups in total. The zero-order chi connectivity index (χ0) is 18.5. The van der Waals surface area contributed by atoms with Crippen LogP contribution in [0.4, 0.5) is 0 Å². The van der Waals surface area contributed by atoms with E-state index >= 15 is 0 Å². The van der Waals surface area contributed by atoms with Crippen LogP contribution in [0.1, 0.15) is 57.2 Å². The molecule has 6 nitrogen and oxygen atoms in total. The second-order valence-corrected chi connectivity index (χ2v) is 8.20. The minimum Gasteiger partial charge on any atom is -0.342 e. The van der Waals surface area contributed by atoms with Gasteiger partial charge in [-0.2, -0.15) is 0 Å². The van der Waals surface area contributed by atoms with E-state index < -0.39 is 0 Å². The highest BCUT2D eigenvalue weighted by atomic mass is 79.9. The summed E-state index contributed by atoms with van der Waals surface area (Å²) in [5, 5.41) is 0. The van der Waals surface area contributed by atoms with Crippen LogP contribution in [0, 0.1) is 0 Å². The van der Waals surface area contributed by atoms with Gasteiger partial charge in [0.25, 0.3) is 0 Å². The third kappa shape index (κ3) is 4.94. The molecule has 0 saturated carbocycles. The van der Waals surface area contributed by atoms with Crippen LogP contribution in [-0.2, 0) is 16.1 Å². The molecule has 2 aliphatic rings. The summed E-state index contributed by atoms with van der Waals surface area (Å²) in [6, 6.07) is 0. The normalized spacial score (nSPS) is 19.2. The predicted molar refractivity (Wildman–Crippen MR) is 104 cm³/mol. The zero-order valence-electron chi connectivity index (χ0n) is 15.6. The fourth-order valence-electron chi connectivity index (χ4n) is 3.95. The van der Waals surface area contributed by atoms with Crippen LogP contribution in [0.15, 0.2) is 10.8 Å². The fourth-order valence-corrected chi connectivity index (χ4v) is 4.38. The first kappa shape index (κ1) is 19.5. The van der Waals surface area contributed by atoms with Gasteiger partial charge in [-0.25, -0.2) is 4.98 Å². The Bertz CT molecular complexity index is 631. The lowest BCUT2D eigenvalue weighted by Gasteiger charge is -2.32. The van der Waals surface area contributed by atoms with Crippen molar-refractivity contribution in [1.82, 2.24) is 19.4 Å². The van der Waals surface area contributed by atoms with Crippen LogP contribution >= 0.6 is 15.9 Å². The Labute approximate surface area is 164 Å². The zero-order valence-corrected chi connectivity index (χ0v) is 17.2. The Morgan fingerprint density at radius 2 is 1.85 bits per heavy atom. The van der Waals surface area contributed by atoms with Crippen molar-refractivity contribution < 1.29 is 9.59 Å². The average molecular weight is 425 g/mol. The van der Waals surface area contributed by atoms with E-state index in [4.69, 9.17) is 4.98 Å². The predicted octanol–water partition coefficient (Wildman–Crippen LogP) is 2.82. The number of piperidine rings is 1. The highest BCUT2D eigenvalue weighted by Gasteiger charge is 2.27. The number of carbonyl (C=O) groups excluding carboxylic acids is 2. The molecule has 3 heterocycles. The molecule has 0 bridgehead atoms. The second-order valence-electron chi connectivity index (χ2n) is 7.39. The minimum absolute atomic E-state index is 0.0196. The molecule has 1 aromatic rings. The molecule has 7 heteroatoms. The first-order valence-corrected chi connectivity index (χ1v) is 10.6. The van der Waals surface area contributed by atoms with E-state index in [1.165, 1.54) is 25.9 Å². The van der Waals surface area contributed by atoms with Gasteiger partial charge in [0, 0.05) is 44.7 Å². The largest absolute Gasteiger partial charge is 0.342 e. The maximum atomic E-state index is 12.2. The van der Waals surface area contributed by atoms with Gasteiger partial charge >= 0.3 is 0 Å². The van der Waals surface area contributed by atoms with Gasteiger partial charge in [0.2, 0.25) is 5.91 Å². The Balaban J connectivity index is 1.55. The van der Waals surface area contributed by atoms with E-state index in [0.29, 0.717) is 12.3 Å². The summed E-state index contributed by atoms with van der Waals surface area (Å²) < 4.78 is 3.17. The van der Waals surface area contributed by atoms with Crippen molar-refractivity contribution in [3.05, 3.63) is 16.6 Å². The highest BCUT2D eigenvalue weighted by molar-refractivity contribution is 9.10. The first-order valence-electron chi connectivity index (χ1n) is 9.81. The second kappa shape index (κ2) is 9.13. The molecule has 1 amide bonds. The molecule has 0 unspecified atom stereocenters. The van der Waals surface area contributed by atoms with E-state index in [-0.39, 0.29) is 18.1 Å². The maximum Gasteiger partial charge on any atom is 0.230 e. The van der Waals surface area contributed by atoms with Gasteiger partial charge in [0.15, 0.2) is 0 Å². The minimum atomic E-state index is -0.0196. The molecule has 0 radical (unpaired) electrons. The number of hydrogen-bond donors (Lipinski definition) is 0. The van der Waals surface area contributed by atoms with Crippen molar-refractivity contribution in [3.8, 4) is 0 Å². The SMILES string of the molecule is CCC(=O)CC(=O)N1CCC(c2nc(Br)cn2CCN2CCCC2)CC1. The van der Waals surface area contributed by atoms with E-state index in [1.54, 1.807) is 0 Å². The molecule has 2 aliphatic heterocycles. The smallest absolute Gasteiger partial charge is 0.230 e. The van der Waals surface area contributed by atoms with E-state index in [0.717, 1.165) is 49.4 Å². The quantitative estimate of drug-likeness (QED) is 0.631. The van der Waals surface area contributed by atoms with Gasteiger partial charge in [-0.15, -0.1) is 0 Å².